The number of hydrogen-bond acceptors (Lipinski definition) is 2. The fourth-order valence-corrected chi connectivity index (χ4v) is 11.9. The first-order valence-electron chi connectivity index (χ1n) is 23.9. The van der Waals surface area contributed by atoms with Crippen molar-refractivity contribution < 1.29 is 0 Å². The third-order valence-corrected chi connectivity index (χ3v) is 15.2. The fraction of sp³-hybridized carbons (Fsp3) is 0.226. The Kier molecular flexibility index (Phi) is 9.48. The number of fused-ring (bicyclic) bond motifs is 2. The smallest absolute Gasteiger partial charge is 0.0569 e. The molecule has 12 rings (SSSR count). The molecule has 0 aromatic heterocycles. The molecule has 0 unspecified atom stereocenters. The first-order chi connectivity index (χ1) is 31.4. The summed E-state index contributed by atoms with van der Waals surface area (Å²) >= 11 is 0. The monoisotopic (exact) mass is 828 g/mol. The van der Waals surface area contributed by atoms with E-state index in [1.54, 1.807) is 0 Å². The second-order valence-corrected chi connectivity index (χ2v) is 19.3. The van der Waals surface area contributed by atoms with Gasteiger partial charge in [-0.3, -0.25) is 0 Å². The Hall–Kier alpha value is -6.64. The molecule has 0 N–H and O–H groups in total. The van der Waals surface area contributed by atoms with Crippen LogP contribution in [0.3, 0.4) is 0 Å². The Morgan fingerprint density at radius 1 is 0.344 bits per heavy atom. The van der Waals surface area contributed by atoms with Gasteiger partial charge in [-0.05, 0) is 168 Å². The quantitative estimate of drug-likeness (QED) is 0.141. The highest BCUT2D eigenvalue weighted by Gasteiger charge is 2.26. The lowest BCUT2D eigenvalue weighted by Gasteiger charge is -2.32. The molecule has 64 heavy (non-hydrogen) atoms. The van der Waals surface area contributed by atoms with Crippen LogP contribution in [0, 0.1) is 27.7 Å². The minimum Gasteiger partial charge on any atom is -0.309 e. The van der Waals surface area contributed by atoms with Gasteiger partial charge in [0, 0.05) is 32.9 Å². The zero-order valence-corrected chi connectivity index (χ0v) is 37.7. The summed E-state index contributed by atoms with van der Waals surface area (Å²) in [4.78, 5) is 5.14. The zero-order valence-electron chi connectivity index (χ0n) is 37.7. The maximum Gasteiger partial charge on any atom is 0.0569 e. The van der Waals surface area contributed by atoms with E-state index in [1.165, 1.54) is 173 Å². The van der Waals surface area contributed by atoms with Gasteiger partial charge in [-0.25, -0.2) is 0 Å². The van der Waals surface area contributed by atoms with Gasteiger partial charge in [0.2, 0.25) is 0 Å². The van der Waals surface area contributed by atoms with Crippen LogP contribution in [0.25, 0.3) is 53.9 Å². The summed E-state index contributed by atoms with van der Waals surface area (Å²) in [7, 11) is 0. The van der Waals surface area contributed by atoms with Crippen molar-refractivity contribution in [2.24, 2.45) is 0 Å². The molecule has 0 bridgehead atoms. The van der Waals surface area contributed by atoms with Crippen LogP contribution in [0.2, 0.25) is 0 Å². The van der Waals surface area contributed by atoms with E-state index in [0.29, 0.717) is 11.8 Å². The molecule has 0 heterocycles. The van der Waals surface area contributed by atoms with Gasteiger partial charge in [-0.2, -0.15) is 0 Å². The predicted octanol–water partition coefficient (Wildman–Crippen LogP) is 18.4. The van der Waals surface area contributed by atoms with Crippen molar-refractivity contribution in [1.29, 1.82) is 0 Å². The van der Waals surface area contributed by atoms with Gasteiger partial charge in [-0.1, -0.05) is 146 Å². The molecule has 0 amide bonds. The second kappa shape index (κ2) is 15.6. The highest BCUT2D eigenvalue weighted by molar-refractivity contribution is 6.28. The summed E-state index contributed by atoms with van der Waals surface area (Å²) in [6.45, 7) is 9.00. The first-order valence-corrected chi connectivity index (χ1v) is 23.9. The van der Waals surface area contributed by atoms with E-state index < -0.39 is 0 Å². The molecule has 2 saturated carbocycles. The number of benzene rings is 10. The SMILES string of the molecule is Cc1ccc2ccc(C)c(N(c3ccc(C4CCCC4)cc3)c3ccc4ccc5c(N(c6ccc(C7CCCC7)cc6)c6c(C)ccc7ccc(C)cc67)ccc6ccc3c4c65)c2c1. The Labute approximate surface area is 378 Å². The Morgan fingerprint density at radius 2 is 0.703 bits per heavy atom. The predicted molar refractivity (Wildman–Crippen MR) is 276 cm³/mol. The molecular weight excluding hydrogens is 773 g/mol. The molecule has 10 aromatic carbocycles. The maximum absolute atomic E-state index is 2.57. The number of rotatable bonds is 8. The average molecular weight is 829 g/mol. The normalized spacial score (nSPS) is 14.9. The van der Waals surface area contributed by atoms with Crippen molar-refractivity contribution in [3.8, 4) is 0 Å². The molecule has 0 radical (unpaired) electrons. The lowest BCUT2D eigenvalue weighted by Crippen LogP contribution is -2.13. The van der Waals surface area contributed by atoms with E-state index in [0.717, 1.165) is 0 Å². The highest BCUT2D eigenvalue weighted by Crippen LogP contribution is 2.51. The van der Waals surface area contributed by atoms with E-state index in [9.17, 15) is 0 Å². The zero-order chi connectivity index (χ0) is 43.1. The van der Waals surface area contributed by atoms with Crippen molar-refractivity contribution in [3.63, 3.8) is 0 Å². The topological polar surface area (TPSA) is 6.48 Å². The molecule has 2 aliphatic rings. The number of anilines is 6. The summed E-state index contributed by atoms with van der Waals surface area (Å²) < 4.78 is 0. The third-order valence-electron chi connectivity index (χ3n) is 15.2. The molecule has 10 aromatic rings. The van der Waals surface area contributed by atoms with Crippen LogP contribution in [0.1, 0.15) is 96.6 Å². The van der Waals surface area contributed by atoms with E-state index in [-0.39, 0.29) is 0 Å². The van der Waals surface area contributed by atoms with Crippen LogP contribution in [0.4, 0.5) is 34.1 Å². The standard InChI is InChI=1S/C62H56N2/c1-39-13-17-47-19-15-41(3)61(55(47)37-39)63(51-29-21-45(22-30-51)43-9-5-6-10-43)57-35-27-49-26-34-54-58(36-28-50-25-33-53(57)59(49)60(50)54)64(52-31-23-46(24-32-52)44-11-7-8-12-44)62-42(4)16-20-48-18-14-40(2)38-56(48)62/h13-38,43-44H,5-12H2,1-4H3. The Balaban J connectivity index is 1.10. The van der Waals surface area contributed by atoms with Crippen LogP contribution in [0.5, 0.6) is 0 Å². The minimum absolute atomic E-state index is 0.666. The van der Waals surface area contributed by atoms with Crippen LogP contribution >= 0.6 is 0 Å². The number of aryl methyl sites for hydroxylation is 4. The lowest BCUT2D eigenvalue weighted by molar-refractivity contribution is 0.723. The summed E-state index contributed by atoms with van der Waals surface area (Å²) in [5, 5.41) is 12.8. The molecule has 0 saturated heterocycles. The number of nitrogens with zero attached hydrogens (tertiary/aromatic N) is 2. The van der Waals surface area contributed by atoms with Gasteiger partial charge in [-0.15, -0.1) is 0 Å². The molecule has 314 valence electrons. The van der Waals surface area contributed by atoms with E-state index in [1.807, 2.05) is 0 Å². The van der Waals surface area contributed by atoms with Crippen molar-refractivity contribution >= 4 is 88.0 Å². The summed E-state index contributed by atoms with van der Waals surface area (Å²) in [6.07, 6.45) is 10.5. The minimum atomic E-state index is 0.666. The molecular formula is C62H56N2. The van der Waals surface area contributed by atoms with E-state index >= 15 is 0 Å². The lowest BCUT2D eigenvalue weighted by atomic mass is 9.91. The highest BCUT2D eigenvalue weighted by atomic mass is 15.2. The molecule has 0 aliphatic heterocycles. The molecule has 0 atom stereocenters. The molecule has 2 fully saturated rings. The largest absolute Gasteiger partial charge is 0.309 e. The fourth-order valence-electron chi connectivity index (χ4n) is 11.9. The van der Waals surface area contributed by atoms with Crippen molar-refractivity contribution in [2.45, 2.75) is 90.9 Å². The van der Waals surface area contributed by atoms with E-state index in [2.05, 4.69) is 195 Å². The van der Waals surface area contributed by atoms with Crippen molar-refractivity contribution in [3.05, 3.63) is 191 Å². The van der Waals surface area contributed by atoms with Gasteiger partial charge in [0.1, 0.15) is 0 Å². The summed E-state index contributed by atoms with van der Waals surface area (Å²) in [5.74, 6) is 1.33. The van der Waals surface area contributed by atoms with Crippen molar-refractivity contribution in [2.75, 3.05) is 9.80 Å². The third kappa shape index (κ3) is 6.44. The molecule has 0 spiro atoms. The summed E-state index contributed by atoms with van der Waals surface area (Å²) in [5.41, 5.74) is 15.3. The Morgan fingerprint density at radius 3 is 1.11 bits per heavy atom. The molecule has 2 nitrogen and oxygen atoms in total. The van der Waals surface area contributed by atoms with Crippen LogP contribution < -0.4 is 9.80 Å². The van der Waals surface area contributed by atoms with Crippen LogP contribution in [0.15, 0.2) is 158 Å². The van der Waals surface area contributed by atoms with Gasteiger partial charge in [0.25, 0.3) is 0 Å². The van der Waals surface area contributed by atoms with Crippen LogP contribution in [-0.2, 0) is 0 Å². The number of hydrogen-bond donors (Lipinski definition) is 0. The van der Waals surface area contributed by atoms with Gasteiger partial charge in [0.05, 0.1) is 22.7 Å². The Bertz CT molecular complexity index is 3140. The average Bonchev–Trinajstić information content (AvgIpc) is 4.08. The molecule has 2 aliphatic carbocycles. The van der Waals surface area contributed by atoms with Gasteiger partial charge in [0.15, 0.2) is 0 Å². The second-order valence-electron chi connectivity index (χ2n) is 19.3. The van der Waals surface area contributed by atoms with Gasteiger partial charge < -0.3 is 9.80 Å². The van der Waals surface area contributed by atoms with E-state index in [4.69, 9.17) is 0 Å². The first kappa shape index (κ1) is 39.0. The van der Waals surface area contributed by atoms with Gasteiger partial charge >= 0.3 is 0 Å². The van der Waals surface area contributed by atoms with Crippen LogP contribution in [-0.4, -0.2) is 0 Å². The molecule has 2 heteroatoms. The summed E-state index contributed by atoms with van der Waals surface area (Å²) in [6, 6.07) is 61.2. The maximum atomic E-state index is 2.57. The van der Waals surface area contributed by atoms with Crippen molar-refractivity contribution in [1.82, 2.24) is 0 Å².